The Kier molecular flexibility index (Phi) is 7.04. The first kappa shape index (κ1) is 26.6. The Morgan fingerprint density at radius 1 is 0.825 bits per heavy atom. The largest absolute Gasteiger partial charge is 0.324 e. The SMILES string of the molecule is CC(=O)Nc1ccc(-c2ccc(NC(=O)Nc3cc(C(C)(C)C)nn3-c3ccc(C)nc3)c3ccccc23)cn1. The third kappa shape index (κ3) is 5.68. The lowest BCUT2D eigenvalue weighted by Gasteiger charge is -2.14. The third-order valence-electron chi connectivity index (χ3n) is 6.41. The van der Waals surface area contributed by atoms with E-state index in [1.165, 1.54) is 6.92 Å². The van der Waals surface area contributed by atoms with E-state index >= 15 is 0 Å². The van der Waals surface area contributed by atoms with Gasteiger partial charge in [0.15, 0.2) is 0 Å². The highest BCUT2D eigenvalue weighted by atomic mass is 16.2. The van der Waals surface area contributed by atoms with Crippen molar-refractivity contribution >= 4 is 40.0 Å². The molecule has 0 bridgehead atoms. The molecule has 0 aliphatic rings. The van der Waals surface area contributed by atoms with Gasteiger partial charge in [-0.15, -0.1) is 0 Å². The molecule has 3 amide bonds. The van der Waals surface area contributed by atoms with E-state index in [0.29, 0.717) is 17.3 Å². The van der Waals surface area contributed by atoms with Crippen LogP contribution in [0.4, 0.5) is 22.1 Å². The number of nitrogens with one attached hydrogen (secondary N) is 3. The van der Waals surface area contributed by atoms with E-state index in [4.69, 9.17) is 5.10 Å². The van der Waals surface area contributed by atoms with Crippen LogP contribution >= 0.6 is 0 Å². The van der Waals surface area contributed by atoms with E-state index in [1.807, 2.05) is 67.6 Å². The van der Waals surface area contributed by atoms with Gasteiger partial charge in [0.05, 0.1) is 23.3 Å². The van der Waals surface area contributed by atoms with Crippen LogP contribution in [0.1, 0.15) is 39.1 Å². The van der Waals surface area contributed by atoms with Crippen LogP contribution in [0.25, 0.3) is 27.6 Å². The van der Waals surface area contributed by atoms with Crippen LogP contribution < -0.4 is 16.0 Å². The molecule has 40 heavy (non-hydrogen) atoms. The van der Waals surface area contributed by atoms with Gasteiger partial charge in [-0.05, 0) is 48.2 Å². The molecule has 0 aliphatic carbocycles. The van der Waals surface area contributed by atoms with E-state index in [0.717, 1.165) is 39.0 Å². The molecule has 2 aromatic carbocycles. The van der Waals surface area contributed by atoms with Crippen molar-refractivity contribution in [1.82, 2.24) is 19.7 Å². The molecule has 0 aliphatic heterocycles. The van der Waals surface area contributed by atoms with Gasteiger partial charge in [-0.25, -0.2) is 14.5 Å². The van der Waals surface area contributed by atoms with Crippen molar-refractivity contribution in [3.8, 4) is 16.8 Å². The highest BCUT2D eigenvalue weighted by molar-refractivity contribution is 6.09. The summed E-state index contributed by atoms with van der Waals surface area (Å²) in [6.07, 6.45) is 3.46. The second-order valence-corrected chi connectivity index (χ2v) is 10.6. The topological polar surface area (TPSA) is 114 Å². The van der Waals surface area contributed by atoms with Crippen molar-refractivity contribution in [3.63, 3.8) is 0 Å². The average molecular weight is 534 g/mol. The highest BCUT2D eigenvalue weighted by Crippen LogP contribution is 2.34. The first-order valence-electron chi connectivity index (χ1n) is 13.0. The lowest BCUT2D eigenvalue weighted by molar-refractivity contribution is -0.114. The van der Waals surface area contributed by atoms with Gasteiger partial charge in [0, 0.05) is 41.2 Å². The maximum absolute atomic E-state index is 13.3. The summed E-state index contributed by atoms with van der Waals surface area (Å²) in [5.74, 6) is 0.859. The summed E-state index contributed by atoms with van der Waals surface area (Å²) in [5.41, 5.74) is 4.81. The smallest absolute Gasteiger partial charge is 0.311 e. The van der Waals surface area contributed by atoms with E-state index in [1.54, 1.807) is 23.1 Å². The normalized spacial score (nSPS) is 11.3. The Morgan fingerprint density at radius 2 is 1.60 bits per heavy atom. The molecule has 3 N–H and O–H groups in total. The number of aryl methyl sites for hydroxylation is 1. The minimum atomic E-state index is -0.388. The van der Waals surface area contributed by atoms with Gasteiger partial charge in [0.2, 0.25) is 5.91 Å². The zero-order valence-corrected chi connectivity index (χ0v) is 23.1. The first-order valence-corrected chi connectivity index (χ1v) is 13.0. The number of benzene rings is 2. The highest BCUT2D eigenvalue weighted by Gasteiger charge is 2.22. The van der Waals surface area contributed by atoms with Gasteiger partial charge in [-0.1, -0.05) is 51.1 Å². The molecule has 9 nitrogen and oxygen atoms in total. The third-order valence-corrected chi connectivity index (χ3v) is 6.41. The van der Waals surface area contributed by atoms with Gasteiger partial charge in [-0.2, -0.15) is 5.10 Å². The van der Waals surface area contributed by atoms with Crippen LogP contribution in [0.15, 0.2) is 79.1 Å². The molecule has 0 unspecified atom stereocenters. The fourth-order valence-electron chi connectivity index (χ4n) is 4.36. The summed E-state index contributed by atoms with van der Waals surface area (Å²) in [5, 5.41) is 15.3. The van der Waals surface area contributed by atoms with Gasteiger partial charge in [0.1, 0.15) is 11.6 Å². The molecule has 0 spiro atoms. The predicted octanol–water partition coefficient (Wildman–Crippen LogP) is 6.69. The number of fused-ring (bicyclic) bond motifs is 1. The predicted molar refractivity (Wildman–Crippen MR) is 159 cm³/mol. The Morgan fingerprint density at radius 3 is 2.25 bits per heavy atom. The molecule has 5 rings (SSSR count). The number of carbonyl (C=O) groups is 2. The summed E-state index contributed by atoms with van der Waals surface area (Å²) in [4.78, 5) is 33.4. The van der Waals surface area contributed by atoms with Crippen molar-refractivity contribution in [2.24, 2.45) is 0 Å². The molecular formula is C31H31N7O2. The van der Waals surface area contributed by atoms with Gasteiger partial charge < -0.3 is 10.6 Å². The monoisotopic (exact) mass is 533 g/mol. The van der Waals surface area contributed by atoms with Crippen LogP contribution in [0.2, 0.25) is 0 Å². The van der Waals surface area contributed by atoms with Crippen LogP contribution in [0.3, 0.4) is 0 Å². The Labute approximate surface area is 232 Å². The number of hydrogen-bond donors (Lipinski definition) is 3. The lowest BCUT2D eigenvalue weighted by Crippen LogP contribution is -2.21. The zero-order chi connectivity index (χ0) is 28.4. The fraction of sp³-hybridized carbons (Fsp3) is 0.194. The van der Waals surface area contributed by atoms with Crippen LogP contribution in [0, 0.1) is 6.92 Å². The standard InChI is InChI=1S/C31H31N7O2/c1-19-10-12-22(18-32-19)38-29(16-27(37-38)31(3,4)5)36-30(40)35-26-14-13-23(24-8-6-7-9-25(24)26)21-11-15-28(33-17-21)34-20(2)39/h6-18H,1-5H3,(H,33,34,39)(H2,35,36,40). The number of hydrogen-bond acceptors (Lipinski definition) is 5. The number of anilines is 3. The van der Waals surface area contributed by atoms with Crippen LogP contribution in [-0.2, 0) is 10.2 Å². The molecule has 9 heteroatoms. The number of aromatic nitrogens is 4. The number of nitrogens with zero attached hydrogens (tertiary/aromatic N) is 4. The molecule has 3 aromatic heterocycles. The molecule has 3 heterocycles. The van der Waals surface area contributed by atoms with Crippen LogP contribution in [-0.4, -0.2) is 31.7 Å². The maximum Gasteiger partial charge on any atom is 0.324 e. The Hall–Kier alpha value is -5.05. The van der Waals surface area contributed by atoms with Crippen molar-refractivity contribution in [1.29, 1.82) is 0 Å². The fourth-order valence-corrected chi connectivity index (χ4v) is 4.36. The van der Waals surface area contributed by atoms with Crippen LogP contribution in [0.5, 0.6) is 0 Å². The number of urea groups is 1. The minimum Gasteiger partial charge on any atom is -0.311 e. The maximum atomic E-state index is 13.3. The summed E-state index contributed by atoms with van der Waals surface area (Å²) in [7, 11) is 0. The summed E-state index contributed by atoms with van der Waals surface area (Å²) in [6.45, 7) is 9.60. The molecule has 0 atom stereocenters. The second kappa shape index (κ2) is 10.6. The summed E-state index contributed by atoms with van der Waals surface area (Å²) >= 11 is 0. The number of rotatable bonds is 5. The Bertz CT molecular complexity index is 1700. The van der Waals surface area contributed by atoms with Crippen molar-refractivity contribution < 1.29 is 9.59 Å². The average Bonchev–Trinajstić information content (AvgIpc) is 3.34. The van der Waals surface area contributed by atoms with E-state index in [-0.39, 0.29) is 17.4 Å². The van der Waals surface area contributed by atoms with Gasteiger partial charge in [0.25, 0.3) is 0 Å². The number of pyridine rings is 2. The molecular weight excluding hydrogens is 502 g/mol. The van der Waals surface area contributed by atoms with E-state index < -0.39 is 0 Å². The molecule has 0 saturated carbocycles. The first-order chi connectivity index (χ1) is 19.1. The van der Waals surface area contributed by atoms with Crippen molar-refractivity contribution in [2.75, 3.05) is 16.0 Å². The molecule has 5 aromatic rings. The minimum absolute atomic E-state index is 0.174. The van der Waals surface area contributed by atoms with Crippen molar-refractivity contribution in [2.45, 2.75) is 40.0 Å². The quantitative estimate of drug-likeness (QED) is 0.233. The lowest BCUT2D eigenvalue weighted by atomic mass is 9.92. The van der Waals surface area contributed by atoms with Gasteiger partial charge >= 0.3 is 6.03 Å². The summed E-state index contributed by atoms with van der Waals surface area (Å²) < 4.78 is 1.70. The van der Waals surface area contributed by atoms with E-state index in [9.17, 15) is 9.59 Å². The van der Waals surface area contributed by atoms with Crippen molar-refractivity contribution in [3.05, 3.63) is 90.5 Å². The molecule has 202 valence electrons. The molecule has 0 saturated heterocycles. The zero-order valence-electron chi connectivity index (χ0n) is 23.1. The van der Waals surface area contributed by atoms with E-state index in [2.05, 4.69) is 46.7 Å². The Balaban J connectivity index is 1.44. The number of amides is 3. The molecule has 0 fully saturated rings. The second-order valence-electron chi connectivity index (χ2n) is 10.6. The molecule has 0 radical (unpaired) electrons. The summed E-state index contributed by atoms with van der Waals surface area (Å²) in [6, 6.07) is 20.7. The van der Waals surface area contributed by atoms with Gasteiger partial charge in [-0.3, -0.25) is 15.1 Å². The number of carbonyl (C=O) groups excluding carboxylic acids is 2.